The molecule has 4 rings (SSSR count). The van der Waals surface area contributed by atoms with Crippen LogP contribution >= 0.6 is 0 Å². The van der Waals surface area contributed by atoms with Gasteiger partial charge in [-0.3, -0.25) is 9.59 Å². The number of amides is 1. The van der Waals surface area contributed by atoms with Crippen LogP contribution in [0.25, 0.3) is 10.8 Å². The predicted molar refractivity (Wildman–Crippen MR) is 111 cm³/mol. The van der Waals surface area contributed by atoms with Crippen molar-refractivity contribution in [1.29, 1.82) is 0 Å². The number of fused-ring (bicyclic) bond motifs is 1. The van der Waals surface area contributed by atoms with E-state index >= 15 is 0 Å². The number of hydrogen-bond donors (Lipinski definition) is 2. The molecule has 0 aliphatic rings. The average molecular weight is 385 g/mol. The molecule has 0 atom stereocenters. The minimum absolute atomic E-state index is 0.202. The zero-order valence-corrected chi connectivity index (χ0v) is 15.6. The molecule has 6 heteroatoms. The first-order valence-electron chi connectivity index (χ1n) is 9.22. The highest BCUT2D eigenvalue weighted by atomic mass is 16.5. The summed E-state index contributed by atoms with van der Waals surface area (Å²) in [6, 6.07) is 24.4. The van der Waals surface area contributed by atoms with Crippen LogP contribution in [-0.2, 0) is 13.2 Å². The summed E-state index contributed by atoms with van der Waals surface area (Å²) in [4.78, 5) is 24.4. The lowest BCUT2D eigenvalue weighted by atomic mass is 10.1. The van der Waals surface area contributed by atoms with Gasteiger partial charge in [0.25, 0.3) is 11.5 Å². The molecule has 0 unspecified atom stereocenters. The van der Waals surface area contributed by atoms with Crippen molar-refractivity contribution in [1.82, 2.24) is 15.5 Å². The minimum Gasteiger partial charge on any atom is -0.489 e. The molecule has 0 aliphatic carbocycles. The SMILES string of the molecule is O=C(NCc1ccc(COc2ccccc2)cc1)c1n[nH]c(=O)c2ccccc12. The smallest absolute Gasteiger partial charge is 0.272 e. The van der Waals surface area contributed by atoms with E-state index < -0.39 is 0 Å². The van der Waals surface area contributed by atoms with Crippen LogP contribution in [-0.4, -0.2) is 16.1 Å². The minimum atomic E-state index is -0.339. The quantitative estimate of drug-likeness (QED) is 0.533. The lowest BCUT2D eigenvalue weighted by molar-refractivity contribution is 0.0946. The molecule has 1 heterocycles. The number of carbonyl (C=O) groups is 1. The fraction of sp³-hybridized carbons (Fsp3) is 0.0870. The molecule has 0 saturated heterocycles. The van der Waals surface area contributed by atoms with E-state index in [2.05, 4.69) is 15.5 Å². The Morgan fingerprint density at radius 1 is 0.862 bits per heavy atom. The number of H-pyrrole nitrogens is 1. The van der Waals surface area contributed by atoms with Crippen molar-refractivity contribution in [2.75, 3.05) is 0 Å². The number of benzene rings is 3. The Labute approximate surface area is 167 Å². The normalized spacial score (nSPS) is 10.6. The van der Waals surface area contributed by atoms with Crippen LogP contribution in [0.1, 0.15) is 21.6 Å². The van der Waals surface area contributed by atoms with Crippen LogP contribution < -0.4 is 15.6 Å². The van der Waals surface area contributed by atoms with Gasteiger partial charge in [-0.2, -0.15) is 5.10 Å². The van der Waals surface area contributed by atoms with Crippen LogP contribution in [0.5, 0.6) is 5.75 Å². The van der Waals surface area contributed by atoms with Gasteiger partial charge in [0.2, 0.25) is 0 Å². The van der Waals surface area contributed by atoms with Crippen molar-refractivity contribution >= 4 is 16.7 Å². The maximum absolute atomic E-state index is 12.6. The van der Waals surface area contributed by atoms with Gasteiger partial charge in [-0.25, -0.2) is 5.10 Å². The average Bonchev–Trinajstić information content (AvgIpc) is 2.78. The van der Waals surface area contributed by atoms with E-state index in [4.69, 9.17) is 4.74 Å². The molecule has 144 valence electrons. The first-order chi connectivity index (χ1) is 14.2. The second-order valence-electron chi connectivity index (χ2n) is 6.55. The van der Waals surface area contributed by atoms with Crippen LogP contribution in [0.4, 0.5) is 0 Å². The van der Waals surface area contributed by atoms with Crippen molar-refractivity contribution in [3.8, 4) is 5.75 Å². The summed E-state index contributed by atoms with van der Waals surface area (Å²) in [5.74, 6) is 0.485. The number of para-hydroxylation sites is 1. The lowest BCUT2D eigenvalue weighted by Gasteiger charge is -2.09. The fourth-order valence-electron chi connectivity index (χ4n) is 2.99. The second-order valence-corrected chi connectivity index (χ2v) is 6.55. The Hall–Kier alpha value is -3.93. The van der Waals surface area contributed by atoms with E-state index in [1.807, 2.05) is 54.6 Å². The Kier molecular flexibility index (Phi) is 5.33. The molecule has 0 spiro atoms. The first-order valence-corrected chi connectivity index (χ1v) is 9.22. The molecule has 0 radical (unpaired) electrons. The van der Waals surface area contributed by atoms with Crippen molar-refractivity contribution in [3.05, 3.63) is 106 Å². The fourth-order valence-corrected chi connectivity index (χ4v) is 2.99. The molecule has 2 N–H and O–H groups in total. The van der Waals surface area contributed by atoms with Crippen LogP contribution in [0.3, 0.4) is 0 Å². The van der Waals surface area contributed by atoms with Gasteiger partial charge in [0, 0.05) is 11.9 Å². The molecule has 0 aliphatic heterocycles. The summed E-state index contributed by atoms with van der Waals surface area (Å²) in [6.07, 6.45) is 0. The molecular formula is C23H19N3O3. The van der Waals surface area contributed by atoms with Crippen LogP contribution in [0.2, 0.25) is 0 Å². The van der Waals surface area contributed by atoms with E-state index in [1.165, 1.54) is 0 Å². The summed E-state index contributed by atoms with van der Waals surface area (Å²) in [6.45, 7) is 0.831. The lowest BCUT2D eigenvalue weighted by Crippen LogP contribution is -2.26. The number of aromatic nitrogens is 2. The zero-order chi connectivity index (χ0) is 20.1. The molecule has 0 fully saturated rings. The Balaban J connectivity index is 1.39. The van der Waals surface area contributed by atoms with E-state index in [0.29, 0.717) is 23.9 Å². The number of aromatic amines is 1. The monoisotopic (exact) mass is 385 g/mol. The summed E-state index contributed by atoms with van der Waals surface area (Å²) < 4.78 is 5.73. The van der Waals surface area contributed by atoms with Crippen molar-refractivity contribution in [2.24, 2.45) is 0 Å². The summed E-state index contributed by atoms with van der Waals surface area (Å²) in [7, 11) is 0. The van der Waals surface area contributed by atoms with E-state index in [0.717, 1.165) is 16.9 Å². The molecule has 3 aromatic carbocycles. The van der Waals surface area contributed by atoms with E-state index in [9.17, 15) is 9.59 Å². The maximum Gasteiger partial charge on any atom is 0.272 e. The summed E-state index contributed by atoms with van der Waals surface area (Å²) in [5.41, 5.74) is 1.88. The van der Waals surface area contributed by atoms with Gasteiger partial charge in [0.1, 0.15) is 12.4 Å². The van der Waals surface area contributed by atoms with E-state index in [1.54, 1.807) is 24.3 Å². The molecule has 4 aromatic rings. The Morgan fingerprint density at radius 2 is 1.52 bits per heavy atom. The highest BCUT2D eigenvalue weighted by Crippen LogP contribution is 2.14. The van der Waals surface area contributed by atoms with Gasteiger partial charge >= 0.3 is 0 Å². The molecule has 29 heavy (non-hydrogen) atoms. The second kappa shape index (κ2) is 8.39. The summed E-state index contributed by atoms with van der Waals surface area (Å²) >= 11 is 0. The van der Waals surface area contributed by atoms with Gasteiger partial charge in [-0.1, -0.05) is 60.7 Å². The Bertz CT molecular complexity index is 1190. The first kappa shape index (κ1) is 18.4. The third-order valence-electron chi connectivity index (χ3n) is 4.54. The maximum atomic E-state index is 12.6. The predicted octanol–water partition coefficient (Wildman–Crippen LogP) is 3.43. The van der Waals surface area contributed by atoms with Gasteiger partial charge in [0.15, 0.2) is 5.69 Å². The molecule has 1 amide bonds. The van der Waals surface area contributed by atoms with Crippen LogP contribution in [0.15, 0.2) is 83.7 Å². The van der Waals surface area contributed by atoms with Gasteiger partial charge < -0.3 is 10.1 Å². The van der Waals surface area contributed by atoms with Crippen molar-refractivity contribution in [3.63, 3.8) is 0 Å². The Morgan fingerprint density at radius 3 is 2.28 bits per heavy atom. The molecule has 6 nitrogen and oxygen atoms in total. The number of carbonyl (C=O) groups excluding carboxylic acids is 1. The summed E-state index contributed by atoms with van der Waals surface area (Å²) in [5, 5.41) is 10.1. The van der Waals surface area contributed by atoms with Crippen molar-refractivity contribution < 1.29 is 9.53 Å². The standard InChI is InChI=1S/C23H19N3O3/c27-22-20-9-5-4-8-19(20)21(25-26-22)23(28)24-14-16-10-12-17(13-11-16)15-29-18-6-2-1-3-7-18/h1-13H,14-15H2,(H,24,28)(H,26,27). The molecule has 1 aromatic heterocycles. The van der Waals surface area contributed by atoms with Gasteiger partial charge in [-0.15, -0.1) is 0 Å². The number of rotatable bonds is 6. The highest BCUT2D eigenvalue weighted by Gasteiger charge is 2.13. The number of nitrogens with one attached hydrogen (secondary N) is 2. The molecule has 0 bridgehead atoms. The third-order valence-corrected chi connectivity index (χ3v) is 4.54. The molecular weight excluding hydrogens is 366 g/mol. The highest BCUT2D eigenvalue weighted by molar-refractivity contribution is 6.04. The number of hydrogen-bond acceptors (Lipinski definition) is 4. The van der Waals surface area contributed by atoms with Crippen LogP contribution in [0, 0.1) is 0 Å². The van der Waals surface area contributed by atoms with Gasteiger partial charge in [-0.05, 0) is 29.3 Å². The number of ether oxygens (including phenoxy) is 1. The van der Waals surface area contributed by atoms with Gasteiger partial charge in [0.05, 0.1) is 5.39 Å². The molecule has 0 saturated carbocycles. The largest absolute Gasteiger partial charge is 0.489 e. The van der Waals surface area contributed by atoms with Crippen molar-refractivity contribution in [2.45, 2.75) is 13.2 Å². The van der Waals surface area contributed by atoms with E-state index in [-0.39, 0.29) is 17.2 Å². The third kappa shape index (κ3) is 4.32. The topological polar surface area (TPSA) is 84.1 Å². The number of nitrogens with zero attached hydrogens (tertiary/aromatic N) is 1. The zero-order valence-electron chi connectivity index (χ0n) is 15.6.